The first-order chi connectivity index (χ1) is 14.1. The molecule has 7 rings (SSSR count). The zero-order chi connectivity index (χ0) is 19.6. The van der Waals surface area contributed by atoms with Crippen LogP contribution in [0.15, 0.2) is 30.3 Å². The molecule has 4 bridgehead atoms. The third-order valence-electron chi connectivity index (χ3n) is 8.29. The number of aryl methyl sites for hydroxylation is 1. The lowest BCUT2D eigenvalue weighted by Crippen LogP contribution is -2.58. The van der Waals surface area contributed by atoms with Crippen molar-refractivity contribution in [3.05, 3.63) is 35.9 Å². The molecule has 5 aliphatic rings. The Balaban J connectivity index is 1.18. The lowest BCUT2D eigenvalue weighted by Gasteiger charge is -2.57. The van der Waals surface area contributed by atoms with Gasteiger partial charge in [0, 0.05) is 31.6 Å². The quantitative estimate of drug-likeness (QED) is 0.763. The van der Waals surface area contributed by atoms with Crippen LogP contribution in [0.3, 0.4) is 0 Å². The van der Waals surface area contributed by atoms with Crippen molar-refractivity contribution in [2.45, 2.75) is 45.4 Å². The molecule has 1 aromatic heterocycles. The van der Waals surface area contributed by atoms with Gasteiger partial charge in [-0.3, -0.25) is 4.79 Å². The van der Waals surface area contributed by atoms with Gasteiger partial charge < -0.3 is 9.80 Å². The molecule has 1 aromatic carbocycles. The summed E-state index contributed by atoms with van der Waals surface area (Å²) < 4.78 is 0. The van der Waals surface area contributed by atoms with E-state index in [1.807, 2.05) is 0 Å². The first-order valence-electron chi connectivity index (χ1n) is 11.5. The van der Waals surface area contributed by atoms with Crippen molar-refractivity contribution in [3.63, 3.8) is 0 Å². The zero-order valence-corrected chi connectivity index (χ0v) is 17.4. The maximum absolute atomic E-state index is 13.6. The summed E-state index contributed by atoms with van der Waals surface area (Å²) in [5, 5.41) is 1.23. The smallest absolute Gasteiger partial charge is 0.228 e. The summed E-state index contributed by atoms with van der Waals surface area (Å²) in [6, 6.07) is 10.6. The Morgan fingerprint density at radius 3 is 2.24 bits per heavy atom. The molecule has 1 saturated heterocycles. The highest BCUT2D eigenvalue weighted by atomic mass is 16.2. The minimum Gasteiger partial charge on any atom is -0.353 e. The minimum atomic E-state index is -0.00525. The fourth-order valence-electron chi connectivity index (χ4n) is 7.34. The van der Waals surface area contributed by atoms with E-state index in [-0.39, 0.29) is 5.41 Å². The molecule has 1 amide bonds. The predicted molar refractivity (Wildman–Crippen MR) is 116 cm³/mol. The molecule has 2 aromatic rings. The number of aromatic nitrogens is 1. The van der Waals surface area contributed by atoms with Crippen molar-refractivity contribution >= 4 is 22.6 Å². The third-order valence-corrected chi connectivity index (χ3v) is 8.29. The molecule has 1 aliphatic heterocycles. The number of benzene rings is 1. The lowest BCUT2D eigenvalue weighted by atomic mass is 9.49. The maximum atomic E-state index is 13.6. The molecular weight excluding hydrogens is 358 g/mol. The molecule has 4 nitrogen and oxygen atoms in total. The van der Waals surface area contributed by atoms with E-state index in [9.17, 15) is 4.79 Å². The van der Waals surface area contributed by atoms with Gasteiger partial charge in [-0.1, -0.05) is 18.2 Å². The van der Waals surface area contributed by atoms with E-state index in [4.69, 9.17) is 4.98 Å². The van der Waals surface area contributed by atoms with Crippen molar-refractivity contribution in [2.75, 3.05) is 31.1 Å². The van der Waals surface area contributed by atoms with Gasteiger partial charge in [-0.05, 0) is 80.9 Å². The summed E-state index contributed by atoms with van der Waals surface area (Å²) in [4.78, 5) is 23.1. The second kappa shape index (κ2) is 6.45. The lowest BCUT2D eigenvalue weighted by molar-refractivity contribution is -0.158. The van der Waals surface area contributed by atoms with E-state index in [2.05, 4.69) is 47.1 Å². The Bertz CT molecular complexity index is 924. The average Bonchev–Trinajstić information content (AvgIpc) is 2.72. The predicted octanol–water partition coefficient (Wildman–Crippen LogP) is 4.41. The van der Waals surface area contributed by atoms with Crippen molar-refractivity contribution < 1.29 is 4.79 Å². The fraction of sp³-hybridized carbons (Fsp3) is 0.600. The molecule has 0 radical (unpaired) electrons. The van der Waals surface area contributed by atoms with Gasteiger partial charge in [0.2, 0.25) is 5.91 Å². The summed E-state index contributed by atoms with van der Waals surface area (Å²) in [6.45, 7) is 5.63. The van der Waals surface area contributed by atoms with Gasteiger partial charge in [-0.25, -0.2) is 4.98 Å². The number of fused-ring (bicyclic) bond motifs is 1. The minimum absolute atomic E-state index is 0.00525. The Kier molecular flexibility index (Phi) is 3.94. The Morgan fingerprint density at radius 1 is 0.966 bits per heavy atom. The first kappa shape index (κ1) is 17.7. The second-order valence-corrected chi connectivity index (χ2v) is 10.3. The molecular formula is C25H31N3O. The molecule has 0 spiro atoms. The summed E-state index contributed by atoms with van der Waals surface area (Å²) in [5.41, 5.74) is 2.33. The van der Waals surface area contributed by atoms with E-state index < -0.39 is 0 Å². The van der Waals surface area contributed by atoms with Crippen LogP contribution in [-0.4, -0.2) is 42.0 Å². The number of hydrogen-bond donors (Lipinski definition) is 0. The largest absolute Gasteiger partial charge is 0.353 e. The molecule has 4 aliphatic carbocycles. The molecule has 0 atom stereocenters. The molecule has 29 heavy (non-hydrogen) atoms. The van der Waals surface area contributed by atoms with Crippen LogP contribution in [0.25, 0.3) is 10.9 Å². The number of carbonyl (C=O) groups excluding carboxylic acids is 1. The van der Waals surface area contributed by atoms with Crippen LogP contribution in [0, 0.1) is 30.1 Å². The van der Waals surface area contributed by atoms with Gasteiger partial charge in [0.15, 0.2) is 0 Å². The van der Waals surface area contributed by atoms with Gasteiger partial charge in [-0.15, -0.1) is 0 Å². The van der Waals surface area contributed by atoms with E-state index in [0.29, 0.717) is 5.91 Å². The van der Waals surface area contributed by atoms with Gasteiger partial charge >= 0.3 is 0 Å². The van der Waals surface area contributed by atoms with Crippen molar-refractivity contribution in [2.24, 2.45) is 23.2 Å². The number of piperazine rings is 1. The standard InChI is InChI=1S/C25H31N3O/c1-17-10-23(26-22-5-3-2-4-21(17)22)27-6-8-28(9-7-27)24(29)25-14-18-11-19(15-25)13-20(12-18)16-25/h2-5,10,18-20H,6-9,11-16H2,1H3. The highest BCUT2D eigenvalue weighted by Gasteiger charge is 2.55. The normalized spacial score (nSPS) is 33.5. The Labute approximate surface area is 173 Å². The van der Waals surface area contributed by atoms with E-state index in [0.717, 1.165) is 55.3 Å². The van der Waals surface area contributed by atoms with Crippen LogP contribution in [0.2, 0.25) is 0 Å². The van der Waals surface area contributed by atoms with Crippen LogP contribution >= 0.6 is 0 Å². The van der Waals surface area contributed by atoms with Crippen molar-refractivity contribution in [3.8, 4) is 0 Å². The maximum Gasteiger partial charge on any atom is 0.228 e. The topological polar surface area (TPSA) is 36.4 Å². The highest BCUT2D eigenvalue weighted by molar-refractivity contribution is 5.85. The highest BCUT2D eigenvalue weighted by Crippen LogP contribution is 2.60. The number of pyridine rings is 1. The number of carbonyl (C=O) groups is 1. The van der Waals surface area contributed by atoms with E-state index in [1.165, 1.54) is 49.5 Å². The summed E-state index contributed by atoms with van der Waals surface area (Å²) in [6.07, 6.45) is 7.70. The first-order valence-corrected chi connectivity index (χ1v) is 11.5. The van der Waals surface area contributed by atoms with E-state index >= 15 is 0 Å². The summed E-state index contributed by atoms with van der Waals surface area (Å²) in [7, 11) is 0. The molecule has 2 heterocycles. The van der Waals surface area contributed by atoms with Crippen molar-refractivity contribution in [1.29, 1.82) is 0 Å². The molecule has 0 N–H and O–H groups in total. The third kappa shape index (κ3) is 2.86. The monoisotopic (exact) mass is 389 g/mol. The SMILES string of the molecule is Cc1cc(N2CCN(C(=O)C34CC5CC(CC(C5)C3)C4)CC2)nc2ccccc12. The van der Waals surface area contributed by atoms with Crippen LogP contribution in [0.4, 0.5) is 5.82 Å². The average molecular weight is 390 g/mol. The van der Waals surface area contributed by atoms with Gasteiger partial charge in [-0.2, -0.15) is 0 Å². The number of rotatable bonds is 2. The number of para-hydroxylation sites is 1. The number of amides is 1. The Hall–Kier alpha value is -2.10. The van der Waals surface area contributed by atoms with Gasteiger partial charge in [0.25, 0.3) is 0 Å². The number of anilines is 1. The van der Waals surface area contributed by atoms with E-state index in [1.54, 1.807) is 0 Å². The van der Waals surface area contributed by atoms with Crippen LogP contribution < -0.4 is 4.90 Å². The molecule has 4 saturated carbocycles. The van der Waals surface area contributed by atoms with Gasteiger partial charge in [0.05, 0.1) is 10.9 Å². The molecule has 5 fully saturated rings. The number of hydrogen-bond acceptors (Lipinski definition) is 3. The fourth-order valence-corrected chi connectivity index (χ4v) is 7.34. The van der Waals surface area contributed by atoms with Gasteiger partial charge in [0.1, 0.15) is 5.82 Å². The second-order valence-electron chi connectivity index (χ2n) is 10.3. The van der Waals surface area contributed by atoms with Crippen LogP contribution in [-0.2, 0) is 4.79 Å². The zero-order valence-electron chi connectivity index (χ0n) is 17.4. The molecule has 152 valence electrons. The van der Waals surface area contributed by atoms with Crippen LogP contribution in [0.5, 0.6) is 0 Å². The van der Waals surface area contributed by atoms with Crippen molar-refractivity contribution in [1.82, 2.24) is 9.88 Å². The number of nitrogens with zero attached hydrogens (tertiary/aromatic N) is 3. The molecule has 4 heteroatoms. The molecule has 0 unspecified atom stereocenters. The Morgan fingerprint density at radius 2 is 1.59 bits per heavy atom. The summed E-state index contributed by atoms with van der Waals surface area (Å²) in [5.74, 6) is 4.03. The summed E-state index contributed by atoms with van der Waals surface area (Å²) >= 11 is 0. The van der Waals surface area contributed by atoms with Crippen LogP contribution in [0.1, 0.15) is 44.1 Å².